The number of unbranched alkanes of at least 4 members (excludes halogenated alkanes) is 1. The van der Waals surface area contributed by atoms with Crippen molar-refractivity contribution >= 4 is 45.2 Å². The third kappa shape index (κ3) is 7.02. The van der Waals surface area contributed by atoms with Crippen molar-refractivity contribution in [1.29, 1.82) is 0 Å². The van der Waals surface area contributed by atoms with E-state index in [0.29, 0.717) is 59.8 Å². The standard InChI is InChI=1S/C32H39BrClN5O4/c1-4-5-13-39(32(41)21-9-8-10-23(34)16-21)30-29(38-14-7-6-11-28(38)36-30)31(40)35-24-12-15-37(20-24)19-22-17-26(42-2)27(43-3)18-25(22)33/h8-10,16-18,24H,4-7,11-15,19-20H2,1-3H3,(H,35,40). The highest BCUT2D eigenvalue weighted by molar-refractivity contribution is 9.10. The minimum atomic E-state index is -0.201. The summed E-state index contributed by atoms with van der Waals surface area (Å²) in [7, 11) is 3.25. The predicted octanol–water partition coefficient (Wildman–Crippen LogP) is 6.10. The van der Waals surface area contributed by atoms with E-state index < -0.39 is 0 Å². The smallest absolute Gasteiger partial charge is 0.272 e. The lowest BCUT2D eigenvalue weighted by atomic mass is 10.1. The number of nitrogens with one attached hydrogen (secondary N) is 1. The van der Waals surface area contributed by atoms with E-state index in [1.165, 1.54) is 0 Å². The fourth-order valence-corrected chi connectivity index (χ4v) is 6.52. The number of aromatic nitrogens is 2. The molecule has 11 heteroatoms. The van der Waals surface area contributed by atoms with Crippen LogP contribution in [-0.4, -0.2) is 66.2 Å². The number of anilines is 1. The number of hydrogen-bond donors (Lipinski definition) is 1. The highest BCUT2D eigenvalue weighted by Gasteiger charge is 2.33. The summed E-state index contributed by atoms with van der Waals surface area (Å²) in [5, 5.41) is 3.78. The maximum atomic E-state index is 14.0. The topological polar surface area (TPSA) is 88.9 Å². The number of fused-ring (bicyclic) bond motifs is 1. The van der Waals surface area contributed by atoms with Crippen molar-refractivity contribution in [2.24, 2.45) is 0 Å². The average Bonchev–Trinajstić information content (AvgIpc) is 3.62. The lowest BCUT2D eigenvalue weighted by Gasteiger charge is -2.23. The monoisotopic (exact) mass is 671 g/mol. The molecule has 1 atom stereocenters. The number of methoxy groups -OCH3 is 2. The first-order valence-corrected chi connectivity index (χ1v) is 16.1. The third-order valence-electron chi connectivity index (χ3n) is 8.14. The molecule has 9 nitrogen and oxygen atoms in total. The molecular weight excluding hydrogens is 634 g/mol. The summed E-state index contributed by atoms with van der Waals surface area (Å²) in [6.45, 7) is 5.53. The Bertz CT molecular complexity index is 1480. The molecule has 230 valence electrons. The summed E-state index contributed by atoms with van der Waals surface area (Å²) < 4.78 is 13.9. The number of rotatable bonds is 11. The molecule has 2 amide bonds. The average molecular weight is 673 g/mol. The number of ether oxygens (including phenoxy) is 2. The van der Waals surface area contributed by atoms with Gasteiger partial charge in [0.05, 0.1) is 14.2 Å². The van der Waals surface area contributed by atoms with E-state index in [-0.39, 0.29) is 17.9 Å². The number of imidazole rings is 1. The largest absolute Gasteiger partial charge is 0.493 e. The van der Waals surface area contributed by atoms with Crippen molar-refractivity contribution in [2.75, 3.05) is 38.8 Å². The SMILES string of the molecule is CCCCN(C(=O)c1cccc(Cl)c1)c1nc2n(c1C(=O)NC1CCN(Cc3cc(OC)c(OC)cc3Br)C1)CCCC2. The van der Waals surface area contributed by atoms with Gasteiger partial charge >= 0.3 is 0 Å². The van der Waals surface area contributed by atoms with Gasteiger partial charge in [-0.3, -0.25) is 19.4 Å². The number of likely N-dealkylation sites (tertiary alicyclic amines) is 1. The summed E-state index contributed by atoms with van der Waals surface area (Å²) in [5.74, 6) is 2.27. The van der Waals surface area contributed by atoms with E-state index in [0.717, 1.165) is 60.9 Å². The van der Waals surface area contributed by atoms with E-state index in [9.17, 15) is 9.59 Å². The van der Waals surface area contributed by atoms with Crippen LogP contribution in [0.4, 0.5) is 5.82 Å². The van der Waals surface area contributed by atoms with Crippen molar-refractivity contribution in [3.05, 3.63) is 68.5 Å². The molecule has 2 aromatic carbocycles. The molecule has 1 fully saturated rings. The van der Waals surface area contributed by atoms with E-state index in [2.05, 4.69) is 33.1 Å². The molecule has 1 N–H and O–H groups in total. The molecule has 3 aromatic rings. The van der Waals surface area contributed by atoms with Crippen molar-refractivity contribution in [3.63, 3.8) is 0 Å². The van der Waals surface area contributed by atoms with Gasteiger partial charge in [0.15, 0.2) is 23.0 Å². The maximum Gasteiger partial charge on any atom is 0.272 e. The Morgan fingerprint density at radius 3 is 2.67 bits per heavy atom. The van der Waals surface area contributed by atoms with Crippen LogP contribution in [0, 0.1) is 0 Å². The molecule has 2 aliphatic rings. The van der Waals surface area contributed by atoms with Crippen molar-refractivity contribution in [2.45, 2.75) is 64.6 Å². The first-order valence-electron chi connectivity index (χ1n) is 14.9. The molecule has 1 unspecified atom stereocenters. The molecule has 0 saturated carbocycles. The molecule has 1 saturated heterocycles. The lowest BCUT2D eigenvalue weighted by molar-refractivity contribution is 0.0927. The second kappa shape index (κ2) is 14.1. The second-order valence-electron chi connectivity index (χ2n) is 11.1. The van der Waals surface area contributed by atoms with Crippen LogP contribution in [0.1, 0.15) is 71.3 Å². The van der Waals surface area contributed by atoms with Gasteiger partial charge in [-0.15, -0.1) is 0 Å². The van der Waals surface area contributed by atoms with Crippen LogP contribution >= 0.6 is 27.5 Å². The molecule has 5 rings (SSSR count). The zero-order valence-electron chi connectivity index (χ0n) is 25.0. The molecule has 43 heavy (non-hydrogen) atoms. The zero-order valence-corrected chi connectivity index (χ0v) is 27.3. The van der Waals surface area contributed by atoms with Gasteiger partial charge in [-0.25, -0.2) is 4.98 Å². The van der Waals surface area contributed by atoms with Gasteiger partial charge in [0.1, 0.15) is 5.82 Å². The molecule has 0 spiro atoms. The molecule has 1 aromatic heterocycles. The van der Waals surface area contributed by atoms with Crippen molar-refractivity contribution in [1.82, 2.24) is 19.8 Å². The van der Waals surface area contributed by atoms with Crippen LogP contribution in [0.2, 0.25) is 5.02 Å². The van der Waals surface area contributed by atoms with Gasteiger partial charge in [-0.2, -0.15) is 0 Å². The number of halogens is 2. The Labute approximate surface area is 266 Å². The van der Waals surface area contributed by atoms with Crippen LogP contribution in [-0.2, 0) is 19.5 Å². The quantitative estimate of drug-likeness (QED) is 0.265. The number of carbonyl (C=O) groups excluding carboxylic acids is 2. The number of aryl methyl sites for hydroxylation is 1. The molecule has 0 bridgehead atoms. The van der Waals surface area contributed by atoms with Crippen LogP contribution in [0.5, 0.6) is 11.5 Å². The van der Waals surface area contributed by atoms with Gasteiger partial charge in [0.25, 0.3) is 11.8 Å². The molecule has 2 aliphatic heterocycles. The van der Waals surface area contributed by atoms with Crippen molar-refractivity contribution in [3.8, 4) is 11.5 Å². The predicted molar refractivity (Wildman–Crippen MR) is 172 cm³/mol. The van der Waals surface area contributed by atoms with Gasteiger partial charge in [-0.1, -0.05) is 46.9 Å². The Morgan fingerprint density at radius 1 is 1.14 bits per heavy atom. The molecular formula is C32H39BrClN5O4. The minimum absolute atomic E-state index is 0.0262. The summed E-state index contributed by atoms with van der Waals surface area (Å²) in [5.41, 5.74) is 2.04. The van der Waals surface area contributed by atoms with Crippen molar-refractivity contribution < 1.29 is 19.1 Å². The minimum Gasteiger partial charge on any atom is -0.493 e. The van der Waals surface area contributed by atoms with Gasteiger partial charge in [0, 0.05) is 60.2 Å². The Balaban J connectivity index is 1.37. The van der Waals surface area contributed by atoms with E-state index in [4.69, 9.17) is 26.1 Å². The Kier molecular flexibility index (Phi) is 10.3. The highest BCUT2D eigenvalue weighted by Crippen LogP contribution is 2.34. The first kappa shape index (κ1) is 31.3. The molecule has 0 aliphatic carbocycles. The van der Waals surface area contributed by atoms with E-state index >= 15 is 0 Å². The number of benzene rings is 2. The Hall–Kier alpha value is -3.08. The van der Waals surface area contributed by atoms with Crippen LogP contribution in [0.25, 0.3) is 0 Å². The summed E-state index contributed by atoms with van der Waals surface area (Å²) in [6, 6.07) is 10.8. The zero-order chi connectivity index (χ0) is 30.5. The fourth-order valence-electron chi connectivity index (χ4n) is 5.89. The first-order chi connectivity index (χ1) is 20.8. The third-order valence-corrected chi connectivity index (χ3v) is 9.11. The number of amides is 2. The number of carbonyl (C=O) groups is 2. The highest BCUT2D eigenvalue weighted by atomic mass is 79.9. The lowest BCUT2D eigenvalue weighted by Crippen LogP contribution is -2.40. The number of nitrogens with zero attached hydrogens (tertiary/aromatic N) is 4. The normalized spacial score (nSPS) is 16.5. The summed E-state index contributed by atoms with van der Waals surface area (Å²) >= 11 is 9.90. The Morgan fingerprint density at radius 2 is 1.93 bits per heavy atom. The maximum absolute atomic E-state index is 14.0. The van der Waals surface area contributed by atoms with Gasteiger partial charge in [-0.05, 0) is 61.6 Å². The van der Waals surface area contributed by atoms with Gasteiger partial charge in [0.2, 0.25) is 0 Å². The molecule has 3 heterocycles. The number of hydrogen-bond acceptors (Lipinski definition) is 6. The van der Waals surface area contributed by atoms with E-state index in [1.807, 2.05) is 16.7 Å². The summed E-state index contributed by atoms with van der Waals surface area (Å²) in [4.78, 5) is 36.8. The summed E-state index contributed by atoms with van der Waals surface area (Å²) in [6.07, 6.45) is 5.29. The second-order valence-corrected chi connectivity index (χ2v) is 12.4. The molecule has 0 radical (unpaired) electrons. The van der Waals surface area contributed by atoms with E-state index in [1.54, 1.807) is 43.4 Å². The van der Waals surface area contributed by atoms with Crippen LogP contribution in [0.3, 0.4) is 0 Å². The fraction of sp³-hybridized carbons (Fsp3) is 0.469. The van der Waals surface area contributed by atoms with Gasteiger partial charge < -0.3 is 19.4 Å². The van der Waals surface area contributed by atoms with Crippen LogP contribution < -0.4 is 19.7 Å². The van der Waals surface area contributed by atoms with Crippen LogP contribution in [0.15, 0.2) is 40.9 Å².